The smallest absolute Gasteiger partial charge is 0.337 e. The van der Waals surface area contributed by atoms with Crippen molar-refractivity contribution < 1.29 is 14.3 Å². The number of Topliss-reactive ketones (excluding diaryl/α,β-unsaturated/α-hetero) is 1. The molecule has 0 radical (unpaired) electrons. The summed E-state index contributed by atoms with van der Waals surface area (Å²) < 4.78 is 5.82. The third-order valence-electron chi connectivity index (χ3n) is 5.70. The van der Waals surface area contributed by atoms with Crippen LogP contribution < -0.4 is 5.32 Å². The number of nitrogens with one attached hydrogen (secondary N) is 1. The highest BCUT2D eigenvalue weighted by Gasteiger charge is 2.39. The molecule has 4 heteroatoms. The van der Waals surface area contributed by atoms with Crippen LogP contribution in [-0.2, 0) is 14.3 Å². The summed E-state index contributed by atoms with van der Waals surface area (Å²) >= 11 is 0. The van der Waals surface area contributed by atoms with E-state index in [9.17, 15) is 9.59 Å². The maximum Gasteiger partial charge on any atom is 0.337 e. The minimum absolute atomic E-state index is 0.0108. The third kappa shape index (κ3) is 3.09. The molecule has 0 saturated heterocycles. The molecule has 1 heterocycles. The SMILES string of the molecule is CC1=C(C(=O)OC2CCCC2)C(c2ccccc2)C2=C(CCCC2=O)N1. The zero-order valence-electron chi connectivity index (χ0n) is 15.2. The van der Waals surface area contributed by atoms with Crippen LogP contribution in [-0.4, -0.2) is 17.9 Å². The molecule has 3 aliphatic rings. The van der Waals surface area contributed by atoms with Gasteiger partial charge in [-0.2, -0.15) is 0 Å². The summed E-state index contributed by atoms with van der Waals surface area (Å²) in [7, 11) is 0. The van der Waals surface area contributed by atoms with Gasteiger partial charge in [-0.05, 0) is 51.0 Å². The first-order valence-electron chi connectivity index (χ1n) is 9.65. The van der Waals surface area contributed by atoms with Crippen LogP contribution >= 0.6 is 0 Å². The van der Waals surface area contributed by atoms with Crippen molar-refractivity contribution in [1.29, 1.82) is 0 Å². The van der Waals surface area contributed by atoms with E-state index in [1.807, 2.05) is 37.3 Å². The van der Waals surface area contributed by atoms with Crippen LogP contribution in [0.15, 0.2) is 52.9 Å². The van der Waals surface area contributed by atoms with Gasteiger partial charge < -0.3 is 10.1 Å². The van der Waals surface area contributed by atoms with E-state index in [-0.39, 0.29) is 23.8 Å². The van der Waals surface area contributed by atoms with E-state index < -0.39 is 0 Å². The van der Waals surface area contributed by atoms with E-state index in [2.05, 4.69) is 5.32 Å². The zero-order chi connectivity index (χ0) is 18.1. The molecule has 0 bridgehead atoms. The molecule has 26 heavy (non-hydrogen) atoms. The minimum atomic E-state index is -0.325. The standard InChI is InChI=1S/C22H25NO3/c1-14-19(22(25)26-16-10-5-6-11-16)20(15-8-3-2-4-9-15)21-17(23-14)12-7-13-18(21)24/h2-4,8-9,16,20,23H,5-7,10-13H2,1H3. The van der Waals surface area contributed by atoms with Crippen LogP contribution in [0.25, 0.3) is 0 Å². The number of dihydropyridines is 1. The highest BCUT2D eigenvalue weighted by atomic mass is 16.5. The molecule has 1 aromatic rings. The van der Waals surface area contributed by atoms with Crippen LogP contribution in [0.2, 0.25) is 0 Å². The van der Waals surface area contributed by atoms with Gasteiger partial charge in [0, 0.05) is 29.3 Å². The number of ketones is 1. The Morgan fingerprint density at radius 1 is 1.08 bits per heavy atom. The lowest BCUT2D eigenvalue weighted by Crippen LogP contribution is -2.35. The van der Waals surface area contributed by atoms with E-state index in [4.69, 9.17) is 4.74 Å². The molecular weight excluding hydrogens is 326 g/mol. The third-order valence-corrected chi connectivity index (χ3v) is 5.70. The summed E-state index contributed by atoms with van der Waals surface area (Å²) in [5.74, 6) is -0.457. The number of hydrogen-bond donors (Lipinski definition) is 1. The molecule has 4 rings (SSSR count). The molecule has 1 atom stereocenters. The topological polar surface area (TPSA) is 55.4 Å². The second kappa shape index (κ2) is 7.10. The molecule has 1 aromatic carbocycles. The summed E-state index contributed by atoms with van der Waals surface area (Å²) in [5, 5.41) is 3.34. The van der Waals surface area contributed by atoms with Crippen LogP contribution in [0.5, 0.6) is 0 Å². The van der Waals surface area contributed by atoms with Gasteiger partial charge in [-0.15, -0.1) is 0 Å². The second-order valence-electron chi connectivity index (χ2n) is 7.49. The maximum atomic E-state index is 13.1. The van der Waals surface area contributed by atoms with Gasteiger partial charge in [0.05, 0.1) is 5.57 Å². The van der Waals surface area contributed by atoms with E-state index in [0.717, 1.165) is 61.1 Å². The maximum absolute atomic E-state index is 13.1. The number of carbonyl (C=O) groups excluding carboxylic acids is 2. The van der Waals surface area contributed by atoms with Crippen molar-refractivity contribution in [2.45, 2.75) is 63.9 Å². The van der Waals surface area contributed by atoms with Gasteiger partial charge in [0.1, 0.15) is 6.10 Å². The van der Waals surface area contributed by atoms with Crippen molar-refractivity contribution in [2.24, 2.45) is 0 Å². The highest BCUT2D eigenvalue weighted by Crippen LogP contribution is 2.42. The second-order valence-corrected chi connectivity index (χ2v) is 7.49. The first-order valence-corrected chi connectivity index (χ1v) is 9.65. The molecule has 0 aromatic heterocycles. The van der Waals surface area contributed by atoms with Gasteiger partial charge >= 0.3 is 5.97 Å². The number of esters is 1. The van der Waals surface area contributed by atoms with Crippen molar-refractivity contribution >= 4 is 11.8 Å². The van der Waals surface area contributed by atoms with E-state index in [1.54, 1.807) is 0 Å². The molecule has 1 unspecified atom stereocenters. The lowest BCUT2D eigenvalue weighted by molar-refractivity contribution is -0.144. The van der Waals surface area contributed by atoms with Gasteiger partial charge in [-0.3, -0.25) is 4.79 Å². The predicted octanol–water partition coefficient (Wildman–Crippen LogP) is 4.14. The van der Waals surface area contributed by atoms with Crippen LogP contribution in [0.4, 0.5) is 0 Å². The van der Waals surface area contributed by atoms with Gasteiger partial charge in [0.15, 0.2) is 5.78 Å². The number of hydrogen-bond acceptors (Lipinski definition) is 4. The number of carbonyl (C=O) groups is 2. The molecular formula is C22H25NO3. The molecule has 136 valence electrons. The van der Waals surface area contributed by atoms with E-state index in [0.29, 0.717) is 12.0 Å². The van der Waals surface area contributed by atoms with Crippen molar-refractivity contribution in [2.75, 3.05) is 0 Å². The predicted molar refractivity (Wildman–Crippen MR) is 99.3 cm³/mol. The Morgan fingerprint density at radius 2 is 1.81 bits per heavy atom. The molecule has 0 amide bonds. The quantitative estimate of drug-likeness (QED) is 0.832. The number of benzene rings is 1. The molecule has 2 aliphatic carbocycles. The van der Waals surface area contributed by atoms with Gasteiger partial charge in [0.2, 0.25) is 0 Å². The van der Waals surface area contributed by atoms with Gasteiger partial charge in [-0.1, -0.05) is 30.3 Å². The first-order chi connectivity index (χ1) is 12.6. The molecule has 1 aliphatic heterocycles. The molecule has 4 nitrogen and oxygen atoms in total. The molecule has 1 fully saturated rings. The zero-order valence-corrected chi connectivity index (χ0v) is 15.2. The lowest BCUT2D eigenvalue weighted by atomic mass is 9.75. The van der Waals surface area contributed by atoms with Crippen molar-refractivity contribution in [1.82, 2.24) is 5.32 Å². The fourth-order valence-electron chi connectivity index (χ4n) is 4.45. The average Bonchev–Trinajstić information content (AvgIpc) is 3.14. The Morgan fingerprint density at radius 3 is 2.54 bits per heavy atom. The highest BCUT2D eigenvalue weighted by molar-refractivity contribution is 6.03. The fourth-order valence-corrected chi connectivity index (χ4v) is 4.45. The van der Waals surface area contributed by atoms with E-state index >= 15 is 0 Å². The Hall–Kier alpha value is -2.36. The summed E-state index contributed by atoms with van der Waals surface area (Å²) in [6, 6.07) is 9.87. The lowest BCUT2D eigenvalue weighted by Gasteiger charge is -2.34. The van der Waals surface area contributed by atoms with Crippen molar-refractivity contribution in [3.05, 3.63) is 58.4 Å². The van der Waals surface area contributed by atoms with Gasteiger partial charge in [0.25, 0.3) is 0 Å². The summed E-state index contributed by atoms with van der Waals surface area (Å²) in [6.45, 7) is 1.92. The van der Waals surface area contributed by atoms with Crippen molar-refractivity contribution in [3.8, 4) is 0 Å². The number of allylic oxidation sites excluding steroid dienone is 3. The Labute approximate surface area is 154 Å². The van der Waals surface area contributed by atoms with Gasteiger partial charge in [-0.25, -0.2) is 4.79 Å². The van der Waals surface area contributed by atoms with E-state index in [1.165, 1.54) is 0 Å². The average molecular weight is 351 g/mol. The minimum Gasteiger partial charge on any atom is -0.459 e. The fraction of sp³-hybridized carbons (Fsp3) is 0.455. The van der Waals surface area contributed by atoms with Crippen LogP contribution in [0.1, 0.15) is 63.4 Å². The van der Waals surface area contributed by atoms with Crippen LogP contribution in [0, 0.1) is 0 Å². The number of ether oxygens (including phenoxy) is 1. The van der Waals surface area contributed by atoms with Crippen LogP contribution in [0.3, 0.4) is 0 Å². The van der Waals surface area contributed by atoms with Crippen molar-refractivity contribution in [3.63, 3.8) is 0 Å². The Kier molecular flexibility index (Phi) is 4.66. The monoisotopic (exact) mass is 351 g/mol. The first kappa shape index (κ1) is 17.1. The summed E-state index contributed by atoms with van der Waals surface area (Å²) in [5.41, 5.74) is 4.12. The molecule has 1 saturated carbocycles. The normalized spacial score (nSPS) is 23.7. The Bertz CT molecular complexity index is 785. The summed E-state index contributed by atoms with van der Waals surface area (Å²) in [6.07, 6.45) is 6.38. The molecule has 0 spiro atoms. The Balaban J connectivity index is 1.75. The summed E-state index contributed by atoms with van der Waals surface area (Å²) in [4.78, 5) is 25.8. The number of rotatable bonds is 3. The largest absolute Gasteiger partial charge is 0.459 e. The molecule has 1 N–H and O–H groups in total.